The van der Waals surface area contributed by atoms with E-state index in [1.54, 1.807) is 0 Å². The second-order valence-electron chi connectivity index (χ2n) is 4.84. The molecule has 0 aliphatic carbocycles. The summed E-state index contributed by atoms with van der Waals surface area (Å²) >= 11 is 0. The van der Waals surface area contributed by atoms with Gasteiger partial charge in [0.15, 0.2) is 5.78 Å². The van der Waals surface area contributed by atoms with Gasteiger partial charge in [-0.2, -0.15) is 0 Å². The number of ketones is 1. The zero-order valence-corrected chi connectivity index (χ0v) is 11.9. The third kappa shape index (κ3) is 2.76. The first-order valence-corrected chi connectivity index (χ1v) is 6.89. The number of benzene rings is 2. The summed E-state index contributed by atoms with van der Waals surface area (Å²) in [6.45, 7) is 6.32. The van der Waals surface area contributed by atoms with Crippen LogP contribution < -0.4 is 0 Å². The van der Waals surface area contributed by atoms with Crippen molar-refractivity contribution in [1.82, 2.24) is 0 Å². The van der Waals surface area contributed by atoms with Gasteiger partial charge in [-0.15, -0.1) is 0 Å². The van der Waals surface area contributed by atoms with E-state index in [0.717, 1.165) is 29.5 Å². The Balaban J connectivity index is 2.48. The van der Waals surface area contributed by atoms with Gasteiger partial charge in [-0.05, 0) is 42.5 Å². The summed E-state index contributed by atoms with van der Waals surface area (Å²) < 4.78 is 0. The van der Waals surface area contributed by atoms with Crippen molar-refractivity contribution in [3.05, 3.63) is 70.3 Å². The smallest absolute Gasteiger partial charge is 0.193 e. The molecule has 0 unspecified atom stereocenters. The maximum Gasteiger partial charge on any atom is 0.193 e. The van der Waals surface area contributed by atoms with Gasteiger partial charge < -0.3 is 0 Å². The average Bonchev–Trinajstić information content (AvgIpc) is 2.47. The number of rotatable bonds is 4. The number of aryl methyl sites for hydroxylation is 3. The van der Waals surface area contributed by atoms with Gasteiger partial charge in [0.1, 0.15) is 0 Å². The second kappa shape index (κ2) is 5.83. The lowest BCUT2D eigenvalue weighted by Gasteiger charge is -2.12. The van der Waals surface area contributed by atoms with E-state index in [4.69, 9.17) is 0 Å². The zero-order chi connectivity index (χ0) is 13.8. The fourth-order valence-corrected chi connectivity index (χ4v) is 2.46. The van der Waals surface area contributed by atoms with E-state index in [1.165, 1.54) is 11.1 Å². The maximum atomic E-state index is 12.5. The third-order valence-electron chi connectivity index (χ3n) is 3.59. The second-order valence-corrected chi connectivity index (χ2v) is 4.84. The molecule has 0 N–H and O–H groups in total. The summed E-state index contributed by atoms with van der Waals surface area (Å²) in [5, 5.41) is 0. The highest BCUT2D eigenvalue weighted by Gasteiger charge is 2.13. The van der Waals surface area contributed by atoms with Crippen molar-refractivity contribution in [3.63, 3.8) is 0 Å². The molecular weight excluding hydrogens is 232 g/mol. The minimum Gasteiger partial charge on any atom is -0.289 e. The molecule has 0 spiro atoms. The molecule has 0 heterocycles. The van der Waals surface area contributed by atoms with Crippen molar-refractivity contribution in [3.8, 4) is 0 Å². The Morgan fingerprint density at radius 1 is 0.947 bits per heavy atom. The Morgan fingerprint density at radius 3 is 2.11 bits per heavy atom. The first-order chi connectivity index (χ1) is 9.17. The van der Waals surface area contributed by atoms with Crippen LogP contribution >= 0.6 is 0 Å². The maximum absolute atomic E-state index is 12.5. The van der Waals surface area contributed by atoms with E-state index in [0.29, 0.717) is 0 Å². The molecule has 0 aliphatic heterocycles. The van der Waals surface area contributed by atoms with Crippen LogP contribution in [0.4, 0.5) is 0 Å². The van der Waals surface area contributed by atoms with E-state index in [2.05, 4.69) is 26.0 Å². The van der Waals surface area contributed by atoms with Gasteiger partial charge in [0.2, 0.25) is 0 Å². The van der Waals surface area contributed by atoms with Gasteiger partial charge in [-0.25, -0.2) is 0 Å². The molecule has 0 atom stereocenters. The average molecular weight is 252 g/mol. The van der Waals surface area contributed by atoms with Crippen LogP contribution in [0.5, 0.6) is 0 Å². The monoisotopic (exact) mass is 252 g/mol. The molecule has 0 amide bonds. The van der Waals surface area contributed by atoms with Crippen LogP contribution in [0.2, 0.25) is 0 Å². The quantitative estimate of drug-likeness (QED) is 0.739. The standard InChI is InChI=1S/C18H20O/c1-4-14-11-13(3)17(12-15(14)5-2)18(19)16-9-7-6-8-10-16/h6-12H,4-5H2,1-3H3. The van der Waals surface area contributed by atoms with E-state index < -0.39 is 0 Å². The zero-order valence-electron chi connectivity index (χ0n) is 11.9. The van der Waals surface area contributed by atoms with Crippen molar-refractivity contribution in [1.29, 1.82) is 0 Å². The predicted octanol–water partition coefficient (Wildman–Crippen LogP) is 4.35. The van der Waals surface area contributed by atoms with Crippen molar-refractivity contribution >= 4 is 5.78 Å². The van der Waals surface area contributed by atoms with Gasteiger partial charge in [-0.1, -0.05) is 50.2 Å². The van der Waals surface area contributed by atoms with Crippen LogP contribution in [0.1, 0.15) is 46.5 Å². The van der Waals surface area contributed by atoms with Crippen LogP contribution in [0.25, 0.3) is 0 Å². The van der Waals surface area contributed by atoms with Crippen molar-refractivity contribution in [2.45, 2.75) is 33.6 Å². The number of carbonyl (C=O) groups excluding carboxylic acids is 1. The molecule has 0 radical (unpaired) electrons. The molecule has 0 fully saturated rings. The molecule has 19 heavy (non-hydrogen) atoms. The lowest BCUT2D eigenvalue weighted by Crippen LogP contribution is -2.06. The molecule has 0 saturated carbocycles. The van der Waals surface area contributed by atoms with Crippen LogP contribution in [-0.2, 0) is 12.8 Å². The molecule has 2 rings (SSSR count). The normalized spacial score (nSPS) is 10.5. The van der Waals surface area contributed by atoms with Crippen LogP contribution in [0.15, 0.2) is 42.5 Å². The minimum atomic E-state index is 0.121. The summed E-state index contributed by atoms with van der Waals surface area (Å²) in [6.07, 6.45) is 1.99. The molecule has 0 bridgehead atoms. The highest BCUT2D eigenvalue weighted by atomic mass is 16.1. The van der Waals surface area contributed by atoms with E-state index in [9.17, 15) is 4.79 Å². The Bertz CT molecular complexity index is 582. The molecule has 2 aromatic carbocycles. The molecule has 0 aromatic heterocycles. The van der Waals surface area contributed by atoms with Gasteiger partial charge in [0, 0.05) is 11.1 Å². The summed E-state index contributed by atoms with van der Waals surface area (Å²) in [4.78, 5) is 12.5. The van der Waals surface area contributed by atoms with E-state index >= 15 is 0 Å². The first-order valence-electron chi connectivity index (χ1n) is 6.89. The highest BCUT2D eigenvalue weighted by molar-refractivity contribution is 6.10. The minimum absolute atomic E-state index is 0.121. The summed E-state index contributed by atoms with van der Waals surface area (Å²) in [5.74, 6) is 0.121. The van der Waals surface area contributed by atoms with Crippen LogP contribution in [0.3, 0.4) is 0 Å². The highest BCUT2D eigenvalue weighted by Crippen LogP contribution is 2.21. The molecule has 1 nitrogen and oxygen atoms in total. The van der Waals surface area contributed by atoms with Crippen LogP contribution in [0, 0.1) is 6.92 Å². The largest absolute Gasteiger partial charge is 0.289 e. The number of hydrogen-bond donors (Lipinski definition) is 0. The first kappa shape index (κ1) is 13.5. The van der Waals surface area contributed by atoms with Crippen LogP contribution in [-0.4, -0.2) is 5.78 Å². The van der Waals surface area contributed by atoms with Gasteiger partial charge in [-0.3, -0.25) is 4.79 Å². The molecule has 0 saturated heterocycles. The summed E-state index contributed by atoms with van der Waals surface area (Å²) in [5.41, 5.74) is 5.30. The lowest BCUT2D eigenvalue weighted by atomic mass is 9.92. The number of carbonyl (C=O) groups is 1. The topological polar surface area (TPSA) is 17.1 Å². The molecule has 2 aromatic rings. The Labute approximate surface area is 115 Å². The molecular formula is C18H20O. The summed E-state index contributed by atoms with van der Waals surface area (Å²) in [6, 6.07) is 13.7. The predicted molar refractivity (Wildman–Crippen MR) is 79.8 cm³/mol. The van der Waals surface area contributed by atoms with Gasteiger partial charge in [0.25, 0.3) is 0 Å². The Kier molecular flexibility index (Phi) is 4.16. The fourth-order valence-electron chi connectivity index (χ4n) is 2.46. The third-order valence-corrected chi connectivity index (χ3v) is 3.59. The Morgan fingerprint density at radius 2 is 1.53 bits per heavy atom. The van der Waals surface area contributed by atoms with Crippen molar-refractivity contribution < 1.29 is 4.79 Å². The summed E-state index contributed by atoms with van der Waals surface area (Å²) in [7, 11) is 0. The molecule has 1 heteroatoms. The van der Waals surface area contributed by atoms with Crippen molar-refractivity contribution in [2.24, 2.45) is 0 Å². The Hall–Kier alpha value is -1.89. The fraction of sp³-hybridized carbons (Fsp3) is 0.278. The molecule has 0 aliphatic rings. The van der Waals surface area contributed by atoms with E-state index in [-0.39, 0.29) is 5.78 Å². The van der Waals surface area contributed by atoms with Gasteiger partial charge in [0.05, 0.1) is 0 Å². The molecule has 98 valence electrons. The lowest BCUT2D eigenvalue weighted by molar-refractivity contribution is 0.103. The SMILES string of the molecule is CCc1cc(C)c(C(=O)c2ccccc2)cc1CC. The van der Waals surface area contributed by atoms with Gasteiger partial charge >= 0.3 is 0 Å². The number of hydrogen-bond acceptors (Lipinski definition) is 1. The van der Waals surface area contributed by atoms with E-state index in [1.807, 2.05) is 37.3 Å². The van der Waals surface area contributed by atoms with Crippen molar-refractivity contribution in [2.75, 3.05) is 0 Å².